The Bertz CT molecular complexity index is 606. The lowest BCUT2D eigenvalue weighted by molar-refractivity contribution is -0.137. The fraction of sp³-hybridized carbons (Fsp3) is 0.385. The second-order valence-corrected chi connectivity index (χ2v) is 6.41. The van der Waals surface area contributed by atoms with Crippen molar-refractivity contribution in [3.8, 4) is 0 Å². The number of benzene rings is 1. The van der Waals surface area contributed by atoms with Crippen LogP contribution in [0.2, 0.25) is 0 Å². The first-order valence-electron chi connectivity index (χ1n) is 6.20. The van der Waals surface area contributed by atoms with Crippen molar-refractivity contribution < 1.29 is 22.4 Å². The zero-order valence-electron chi connectivity index (χ0n) is 11.3. The van der Waals surface area contributed by atoms with E-state index in [0.717, 1.165) is 12.1 Å². The Kier molecular flexibility index (Phi) is 5.01. The van der Waals surface area contributed by atoms with Gasteiger partial charge in [0.05, 0.1) is 5.56 Å². The quantitative estimate of drug-likeness (QED) is 0.593. The van der Waals surface area contributed by atoms with E-state index >= 15 is 0 Å². The Morgan fingerprint density at radius 3 is 2.77 bits per heavy atom. The molecule has 1 aromatic carbocycles. The Hall–Kier alpha value is -1.28. The Morgan fingerprint density at radius 1 is 1.50 bits per heavy atom. The van der Waals surface area contributed by atoms with E-state index in [1.54, 1.807) is 0 Å². The summed E-state index contributed by atoms with van der Waals surface area (Å²) in [6.45, 7) is 2.18. The van der Waals surface area contributed by atoms with Crippen molar-refractivity contribution in [2.75, 3.05) is 11.4 Å². The topological polar surface area (TPSA) is 32.7 Å². The average molecular weight is 355 g/mol. The number of amidine groups is 1. The largest absolute Gasteiger partial charge is 0.416 e. The predicted molar refractivity (Wildman–Crippen MR) is 79.0 cm³/mol. The highest BCUT2D eigenvalue weighted by Gasteiger charge is 2.33. The van der Waals surface area contributed by atoms with Crippen molar-refractivity contribution in [2.45, 2.75) is 24.0 Å². The summed E-state index contributed by atoms with van der Waals surface area (Å²) in [5, 5.41) is 0.134. The van der Waals surface area contributed by atoms with Gasteiger partial charge in [0.2, 0.25) is 0 Å². The van der Waals surface area contributed by atoms with Crippen LogP contribution in [0.3, 0.4) is 0 Å². The molecule has 1 saturated heterocycles. The van der Waals surface area contributed by atoms with Gasteiger partial charge >= 0.3 is 6.18 Å². The molecule has 1 aliphatic rings. The van der Waals surface area contributed by atoms with Crippen molar-refractivity contribution in [3.05, 3.63) is 29.8 Å². The van der Waals surface area contributed by atoms with Crippen LogP contribution in [0, 0.1) is 0 Å². The third-order valence-electron chi connectivity index (χ3n) is 2.85. The second-order valence-electron chi connectivity index (χ2n) is 4.62. The summed E-state index contributed by atoms with van der Waals surface area (Å²) in [6.07, 6.45) is -4.47. The Morgan fingerprint density at radius 2 is 2.18 bits per heavy atom. The van der Waals surface area contributed by atoms with Crippen LogP contribution in [0.15, 0.2) is 29.3 Å². The van der Waals surface area contributed by atoms with E-state index in [1.807, 2.05) is 6.92 Å². The van der Waals surface area contributed by atoms with Crippen LogP contribution in [0.25, 0.3) is 0 Å². The molecule has 1 aromatic rings. The maximum atomic E-state index is 12.8. The number of alkyl halides is 5. The Labute approximate surface area is 133 Å². The van der Waals surface area contributed by atoms with Gasteiger partial charge in [0, 0.05) is 17.5 Å². The van der Waals surface area contributed by atoms with Gasteiger partial charge in [0.1, 0.15) is 0 Å². The summed E-state index contributed by atoms with van der Waals surface area (Å²) in [5.74, 6) is -1.17. The number of hydrogen-bond acceptors (Lipinski definition) is 2. The molecule has 1 amide bonds. The van der Waals surface area contributed by atoms with Gasteiger partial charge in [-0.2, -0.15) is 18.2 Å². The number of aliphatic imine (C=N–C) groups is 1. The molecule has 0 saturated carbocycles. The first-order chi connectivity index (χ1) is 10.2. The van der Waals surface area contributed by atoms with E-state index in [4.69, 9.17) is 11.6 Å². The van der Waals surface area contributed by atoms with Crippen LogP contribution in [0.5, 0.6) is 0 Å². The van der Waals surface area contributed by atoms with Gasteiger partial charge in [0.25, 0.3) is 11.5 Å². The minimum absolute atomic E-state index is 0.00511. The predicted octanol–water partition coefficient (Wildman–Crippen LogP) is 4.06. The molecule has 2 atom stereocenters. The normalized spacial score (nSPS) is 22.2. The minimum atomic E-state index is -4.47. The summed E-state index contributed by atoms with van der Waals surface area (Å²) in [5.41, 5.74) is -2.84. The van der Waals surface area contributed by atoms with Crippen LogP contribution in [-0.4, -0.2) is 28.5 Å². The lowest BCUT2D eigenvalue weighted by atomic mass is 10.2. The van der Waals surface area contributed by atoms with Gasteiger partial charge < -0.3 is 4.90 Å². The van der Waals surface area contributed by atoms with E-state index in [-0.39, 0.29) is 16.1 Å². The highest BCUT2D eigenvalue weighted by Crippen LogP contribution is 2.35. The first kappa shape index (κ1) is 17.1. The van der Waals surface area contributed by atoms with E-state index in [2.05, 4.69) is 4.99 Å². The van der Waals surface area contributed by atoms with Gasteiger partial charge in [-0.25, -0.2) is 4.39 Å². The SMILES string of the molecule is CC1CN(c2cccc(C(F)(F)F)c2)C(=NC(=O)C(F)Cl)S1. The van der Waals surface area contributed by atoms with Crippen LogP contribution < -0.4 is 4.90 Å². The number of rotatable bonds is 2. The maximum Gasteiger partial charge on any atom is 0.416 e. The third kappa shape index (κ3) is 3.92. The monoisotopic (exact) mass is 354 g/mol. The molecule has 0 N–H and O–H groups in total. The van der Waals surface area contributed by atoms with E-state index < -0.39 is 23.3 Å². The van der Waals surface area contributed by atoms with Gasteiger partial charge in [0.15, 0.2) is 5.17 Å². The molecule has 120 valence electrons. The van der Waals surface area contributed by atoms with Gasteiger partial charge in [-0.3, -0.25) is 4.79 Å². The number of hydrogen-bond donors (Lipinski definition) is 0. The molecule has 1 fully saturated rings. The second kappa shape index (κ2) is 6.45. The number of carbonyl (C=O) groups excluding carboxylic acids is 1. The number of carbonyl (C=O) groups is 1. The number of amides is 1. The summed E-state index contributed by atoms with van der Waals surface area (Å²) in [4.78, 5) is 16.3. The molecular weight excluding hydrogens is 344 g/mol. The minimum Gasteiger partial charge on any atom is -0.320 e. The highest BCUT2D eigenvalue weighted by molar-refractivity contribution is 8.15. The molecule has 2 rings (SSSR count). The number of nitrogens with zero attached hydrogens (tertiary/aromatic N) is 2. The number of halogens is 5. The summed E-state index contributed by atoms with van der Waals surface area (Å²) in [7, 11) is 0. The van der Waals surface area contributed by atoms with E-state index in [9.17, 15) is 22.4 Å². The molecule has 0 aromatic heterocycles. The smallest absolute Gasteiger partial charge is 0.320 e. The molecule has 1 heterocycles. The molecule has 0 spiro atoms. The number of anilines is 1. The van der Waals surface area contributed by atoms with Gasteiger partial charge in [-0.05, 0) is 18.2 Å². The van der Waals surface area contributed by atoms with Crippen LogP contribution in [-0.2, 0) is 11.0 Å². The molecule has 9 heteroatoms. The van der Waals surface area contributed by atoms with Crippen LogP contribution in [0.1, 0.15) is 12.5 Å². The maximum absolute atomic E-state index is 12.8. The van der Waals surface area contributed by atoms with Crippen molar-refractivity contribution >= 4 is 40.1 Å². The molecule has 0 aliphatic carbocycles. The van der Waals surface area contributed by atoms with Crippen molar-refractivity contribution in [1.29, 1.82) is 0 Å². The zero-order valence-corrected chi connectivity index (χ0v) is 12.8. The molecule has 22 heavy (non-hydrogen) atoms. The summed E-state index contributed by atoms with van der Waals surface area (Å²) < 4.78 is 51.0. The zero-order chi connectivity index (χ0) is 16.5. The number of thioether (sulfide) groups is 1. The lowest BCUT2D eigenvalue weighted by Gasteiger charge is -2.19. The summed E-state index contributed by atoms with van der Waals surface area (Å²) >= 11 is 6.20. The molecule has 3 nitrogen and oxygen atoms in total. The van der Waals surface area contributed by atoms with Crippen molar-refractivity contribution in [1.82, 2.24) is 0 Å². The van der Waals surface area contributed by atoms with E-state index in [0.29, 0.717) is 6.54 Å². The average Bonchev–Trinajstić information content (AvgIpc) is 2.78. The first-order valence-corrected chi connectivity index (χ1v) is 7.52. The Balaban J connectivity index is 2.35. The molecular formula is C13H11ClF4N2OS. The van der Waals surface area contributed by atoms with Crippen LogP contribution in [0.4, 0.5) is 23.2 Å². The molecule has 0 bridgehead atoms. The van der Waals surface area contributed by atoms with E-state index in [1.165, 1.54) is 28.8 Å². The van der Waals surface area contributed by atoms with Crippen LogP contribution >= 0.6 is 23.4 Å². The summed E-state index contributed by atoms with van der Waals surface area (Å²) in [6, 6.07) is 4.66. The molecule has 0 radical (unpaired) electrons. The standard InChI is InChI=1S/C13H11ClF4N2OS/c1-7-6-20(12(22-7)19-11(21)10(14)15)9-4-2-3-8(5-9)13(16,17)18/h2-5,7,10H,6H2,1H3. The fourth-order valence-electron chi connectivity index (χ4n) is 1.91. The van der Waals surface area contributed by atoms with Crippen molar-refractivity contribution in [2.24, 2.45) is 4.99 Å². The molecule has 2 unspecified atom stereocenters. The van der Waals surface area contributed by atoms with Gasteiger partial charge in [-0.1, -0.05) is 36.4 Å². The van der Waals surface area contributed by atoms with Crippen molar-refractivity contribution in [3.63, 3.8) is 0 Å². The fourth-order valence-corrected chi connectivity index (χ4v) is 2.99. The van der Waals surface area contributed by atoms with Gasteiger partial charge in [-0.15, -0.1) is 0 Å². The molecule has 1 aliphatic heterocycles. The highest BCUT2D eigenvalue weighted by atomic mass is 35.5. The lowest BCUT2D eigenvalue weighted by Crippen LogP contribution is -2.26. The third-order valence-corrected chi connectivity index (χ3v) is 4.12.